The van der Waals surface area contributed by atoms with Crippen molar-refractivity contribution in [3.05, 3.63) is 80.3 Å². The SMILES string of the molecule is CCOC(=O)C1(c2ccc(-c3ccc(-c4sc(Cl)cc4NC(=O)OC(C)c4cscc4C)cc3OC)cc2)CC1. The van der Waals surface area contributed by atoms with Gasteiger partial charge in [-0.25, -0.2) is 4.79 Å². The number of esters is 1. The van der Waals surface area contributed by atoms with Crippen LogP contribution in [0.1, 0.15) is 49.5 Å². The molecule has 6 nitrogen and oxygen atoms in total. The summed E-state index contributed by atoms with van der Waals surface area (Å²) in [6.07, 6.45) is 0.696. The van der Waals surface area contributed by atoms with Crippen LogP contribution in [0.25, 0.3) is 21.6 Å². The summed E-state index contributed by atoms with van der Waals surface area (Å²) in [4.78, 5) is 26.0. The number of nitrogens with one attached hydrogen (secondary N) is 1. The smallest absolute Gasteiger partial charge is 0.412 e. The highest BCUT2D eigenvalue weighted by Crippen LogP contribution is 2.50. The molecular formula is C31H30ClNO5S2. The first-order valence-electron chi connectivity index (χ1n) is 13.0. The van der Waals surface area contributed by atoms with Gasteiger partial charge in [0.2, 0.25) is 0 Å². The van der Waals surface area contributed by atoms with Crippen molar-refractivity contribution >= 4 is 52.0 Å². The Labute approximate surface area is 246 Å². The highest BCUT2D eigenvalue weighted by molar-refractivity contribution is 7.20. The highest BCUT2D eigenvalue weighted by Gasteiger charge is 2.52. The maximum Gasteiger partial charge on any atom is 0.412 e. The Hall–Kier alpha value is -3.33. The maximum absolute atomic E-state index is 12.7. The number of halogens is 1. The second-order valence-corrected chi connectivity index (χ2v) is 12.2. The molecule has 1 aliphatic rings. The molecule has 208 valence electrons. The number of anilines is 1. The van der Waals surface area contributed by atoms with E-state index in [1.807, 2.05) is 74.0 Å². The number of ether oxygens (including phenoxy) is 3. The summed E-state index contributed by atoms with van der Waals surface area (Å²) in [5.74, 6) is 0.528. The number of carbonyl (C=O) groups excluding carboxylic acids is 2. The fraction of sp³-hybridized carbons (Fsp3) is 0.290. The number of thiophene rings is 2. The Balaban J connectivity index is 1.36. The molecule has 0 aliphatic heterocycles. The van der Waals surface area contributed by atoms with Crippen LogP contribution < -0.4 is 10.1 Å². The summed E-state index contributed by atoms with van der Waals surface area (Å²) in [6, 6.07) is 15.6. The van der Waals surface area contributed by atoms with Gasteiger partial charge in [-0.15, -0.1) is 11.3 Å². The number of methoxy groups -OCH3 is 1. The zero-order valence-electron chi connectivity index (χ0n) is 22.7. The number of carbonyl (C=O) groups is 2. The van der Waals surface area contributed by atoms with Crippen molar-refractivity contribution in [2.24, 2.45) is 0 Å². The van der Waals surface area contributed by atoms with Gasteiger partial charge in [-0.3, -0.25) is 10.1 Å². The first-order chi connectivity index (χ1) is 19.3. The Morgan fingerprint density at radius 3 is 2.42 bits per heavy atom. The first kappa shape index (κ1) is 28.2. The molecule has 0 spiro atoms. The minimum absolute atomic E-state index is 0.149. The quantitative estimate of drug-likeness (QED) is 0.195. The second-order valence-electron chi connectivity index (χ2n) is 9.77. The molecule has 2 heterocycles. The normalized spacial score (nSPS) is 14.3. The average molecular weight is 596 g/mol. The van der Waals surface area contributed by atoms with E-state index in [0.717, 1.165) is 51.1 Å². The topological polar surface area (TPSA) is 73.9 Å². The minimum Gasteiger partial charge on any atom is -0.496 e. The lowest BCUT2D eigenvalue weighted by Crippen LogP contribution is -2.23. The summed E-state index contributed by atoms with van der Waals surface area (Å²) in [7, 11) is 1.63. The molecule has 2 aromatic heterocycles. The van der Waals surface area contributed by atoms with Crippen LogP contribution in [0.15, 0.2) is 59.3 Å². The van der Waals surface area contributed by atoms with E-state index in [2.05, 4.69) is 5.32 Å². The zero-order chi connectivity index (χ0) is 28.4. The van der Waals surface area contributed by atoms with Gasteiger partial charge in [0.1, 0.15) is 11.9 Å². The number of benzene rings is 2. The number of rotatable bonds is 9. The number of aryl methyl sites for hydroxylation is 1. The van der Waals surface area contributed by atoms with Gasteiger partial charge in [-0.05, 0) is 78.8 Å². The standard InChI is InChI=1S/C31H30ClNO5S2/c1-5-37-29(34)31(12-13-31)22-9-6-20(7-10-22)23-11-8-21(14-26(23)36-4)28-25(15-27(32)40-28)33-30(35)38-19(3)24-17-39-16-18(24)2/h6-11,14-17,19H,5,12-13H2,1-4H3,(H,33,35). The van der Waals surface area contributed by atoms with Gasteiger partial charge in [-0.2, -0.15) is 11.3 Å². The molecule has 1 fully saturated rings. The Morgan fingerprint density at radius 2 is 1.80 bits per heavy atom. The molecule has 1 unspecified atom stereocenters. The van der Waals surface area contributed by atoms with Crippen LogP contribution in [-0.2, 0) is 19.7 Å². The summed E-state index contributed by atoms with van der Waals surface area (Å²) in [6.45, 7) is 6.06. The summed E-state index contributed by atoms with van der Waals surface area (Å²) < 4.78 is 17.2. The van der Waals surface area contributed by atoms with Crippen molar-refractivity contribution in [1.29, 1.82) is 0 Å². The second kappa shape index (κ2) is 11.6. The molecule has 0 radical (unpaired) electrons. The lowest BCUT2D eigenvalue weighted by Gasteiger charge is -2.16. The summed E-state index contributed by atoms with van der Waals surface area (Å²) in [5, 5.41) is 6.88. The monoisotopic (exact) mass is 595 g/mol. The van der Waals surface area contributed by atoms with Crippen molar-refractivity contribution in [1.82, 2.24) is 0 Å². The third kappa shape index (κ3) is 5.61. The molecule has 1 amide bonds. The molecule has 1 saturated carbocycles. The van der Waals surface area contributed by atoms with Crippen LogP contribution in [-0.4, -0.2) is 25.8 Å². The van der Waals surface area contributed by atoms with E-state index in [-0.39, 0.29) is 12.1 Å². The fourth-order valence-electron chi connectivity index (χ4n) is 4.86. The Kier molecular flexibility index (Phi) is 8.21. The average Bonchev–Trinajstić information content (AvgIpc) is 3.52. The maximum atomic E-state index is 12.7. The molecule has 4 aromatic rings. The van der Waals surface area contributed by atoms with Gasteiger partial charge >= 0.3 is 12.1 Å². The van der Waals surface area contributed by atoms with E-state index in [4.69, 9.17) is 25.8 Å². The third-order valence-corrected chi connectivity index (χ3v) is 9.38. The van der Waals surface area contributed by atoms with Crippen molar-refractivity contribution in [3.8, 4) is 27.3 Å². The van der Waals surface area contributed by atoms with Crippen molar-refractivity contribution < 1.29 is 23.8 Å². The minimum atomic E-state index is -0.547. The summed E-state index contributed by atoms with van der Waals surface area (Å²) in [5.41, 5.74) is 5.86. The first-order valence-corrected chi connectivity index (χ1v) is 15.2. The van der Waals surface area contributed by atoms with Crippen molar-refractivity contribution in [2.45, 2.75) is 45.1 Å². The zero-order valence-corrected chi connectivity index (χ0v) is 25.1. The van der Waals surface area contributed by atoms with Crippen molar-refractivity contribution in [2.75, 3.05) is 19.0 Å². The fourth-order valence-corrected chi connectivity index (χ4v) is 6.97. The molecule has 2 aromatic carbocycles. The van der Waals surface area contributed by atoms with Gasteiger partial charge in [0.25, 0.3) is 0 Å². The van der Waals surface area contributed by atoms with Gasteiger partial charge in [0, 0.05) is 11.1 Å². The molecular weight excluding hydrogens is 566 g/mol. The molecule has 0 saturated heterocycles. The third-order valence-electron chi connectivity index (χ3n) is 7.18. The van der Waals surface area contributed by atoms with Crippen LogP contribution in [0, 0.1) is 6.92 Å². The molecule has 40 heavy (non-hydrogen) atoms. The van der Waals surface area contributed by atoms with E-state index in [0.29, 0.717) is 22.4 Å². The van der Waals surface area contributed by atoms with Gasteiger partial charge in [-0.1, -0.05) is 48.0 Å². The van der Waals surface area contributed by atoms with Gasteiger partial charge in [0.05, 0.1) is 34.0 Å². The predicted molar refractivity (Wildman–Crippen MR) is 162 cm³/mol. The molecule has 1 N–H and O–H groups in total. The van der Waals surface area contributed by atoms with E-state index in [1.165, 1.54) is 11.3 Å². The van der Waals surface area contributed by atoms with E-state index >= 15 is 0 Å². The number of amides is 1. The number of hydrogen-bond donors (Lipinski definition) is 1. The van der Waals surface area contributed by atoms with Crippen LogP contribution >= 0.6 is 34.3 Å². The Bertz CT molecular complexity index is 1540. The van der Waals surface area contributed by atoms with Gasteiger partial charge < -0.3 is 14.2 Å². The van der Waals surface area contributed by atoms with E-state index in [1.54, 1.807) is 24.5 Å². The lowest BCUT2D eigenvalue weighted by molar-refractivity contribution is -0.146. The van der Waals surface area contributed by atoms with Crippen LogP contribution in [0.3, 0.4) is 0 Å². The van der Waals surface area contributed by atoms with E-state index < -0.39 is 11.5 Å². The molecule has 9 heteroatoms. The molecule has 1 atom stereocenters. The van der Waals surface area contributed by atoms with Gasteiger partial charge in [0.15, 0.2) is 0 Å². The Morgan fingerprint density at radius 1 is 1.07 bits per heavy atom. The largest absolute Gasteiger partial charge is 0.496 e. The summed E-state index contributed by atoms with van der Waals surface area (Å²) >= 11 is 9.32. The van der Waals surface area contributed by atoms with Crippen molar-refractivity contribution in [3.63, 3.8) is 0 Å². The van der Waals surface area contributed by atoms with Crippen LogP contribution in [0.4, 0.5) is 10.5 Å². The number of hydrogen-bond acceptors (Lipinski definition) is 7. The van der Waals surface area contributed by atoms with Crippen LogP contribution in [0.5, 0.6) is 5.75 Å². The highest BCUT2D eigenvalue weighted by atomic mass is 35.5. The molecule has 0 bridgehead atoms. The lowest BCUT2D eigenvalue weighted by atomic mass is 9.93. The van der Waals surface area contributed by atoms with Crippen LogP contribution in [0.2, 0.25) is 4.34 Å². The van der Waals surface area contributed by atoms with E-state index in [9.17, 15) is 9.59 Å². The molecule has 1 aliphatic carbocycles. The predicted octanol–water partition coefficient (Wildman–Crippen LogP) is 9.02. The molecule has 5 rings (SSSR count).